The Labute approximate surface area is 90.5 Å². The minimum atomic E-state index is 0.639. The molecule has 0 radical (unpaired) electrons. The summed E-state index contributed by atoms with van der Waals surface area (Å²) in [6, 6.07) is 5.18. The van der Waals surface area contributed by atoms with Gasteiger partial charge in [-0.3, -0.25) is 4.79 Å². The standard InChI is InChI=1S/C10H8BrClO/c11-5-1-2-8-6-10(12)4-3-9(8)7-13/h1-4,6-7H,5H2. The molecule has 1 aromatic carbocycles. The summed E-state index contributed by atoms with van der Waals surface area (Å²) in [6.07, 6.45) is 4.60. The lowest BCUT2D eigenvalue weighted by Crippen LogP contribution is -1.85. The minimum absolute atomic E-state index is 0.639. The second-order valence-corrected chi connectivity index (χ2v) is 3.53. The van der Waals surface area contributed by atoms with Crippen molar-refractivity contribution in [2.24, 2.45) is 0 Å². The van der Waals surface area contributed by atoms with Crippen molar-refractivity contribution in [3.8, 4) is 0 Å². The highest BCUT2D eigenvalue weighted by atomic mass is 79.9. The molecule has 0 fully saturated rings. The zero-order valence-corrected chi connectivity index (χ0v) is 9.18. The van der Waals surface area contributed by atoms with Gasteiger partial charge in [0.15, 0.2) is 6.29 Å². The van der Waals surface area contributed by atoms with Crippen molar-refractivity contribution in [3.05, 3.63) is 40.4 Å². The predicted molar refractivity (Wildman–Crippen MR) is 59.7 cm³/mol. The molecule has 0 atom stereocenters. The van der Waals surface area contributed by atoms with Crippen LogP contribution in [0.25, 0.3) is 6.08 Å². The molecule has 0 N–H and O–H groups in total. The molecule has 0 saturated heterocycles. The third kappa shape index (κ3) is 2.98. The van der Waals surface area contributed by atoms with Crippen LogP contribution in [0.5, 0.6) is 0 Å². The van der Waals surface area contributed by atoms with Gasteiger partial charge in [0.1, 0.15) is 0 Å². The van der Waals surface area contributed by atoms with Crippen LogP contribution in [0.1, 0.15) is 15.9 Å². The maximum Gasteiger partial charge on any atom is 0.150 e. The van der Waals surface area contributed by atoms with Gasteiger partial charge in [0, 0.05) is 15.9 Å². The van der Waals surface area contributed by atoms with E-state index in [1.54, 1.807) is 18.2 Å². The van der Waals surface area contributed by atoms with Gasteiger partial charge < -0.3 is 0 Å². The first-order chi connectivity index (χ1) is 6.27. The fourth-order valence-electron chi connectivity index (χ4n) is 0.969. The molecule has 0 aromatic heterocycles. The van der Waals surface area contributed by atoms with Crippen molar-refractivity contribution in [1.82, 2.24) is 0 Å². The van der Waals surface area contributed by atoms with Gasteiger partial charge in [0.05, 0.1) is 0 Å². The van der Waals surface area contributed by atoms with Crippen LogP contribution in [-0.2, 0) is 0 Å². The smallest absolute Gasteiger partial charge is 0.150 e. The summed E-state index contributed by atoms with van der Waals surface area (Å²) in [5, 5.41) is 1.40. The molecule has 1 aromatic rings. The van der Waals surface area contributed by atoms with Gasteiger partial charge >= 0.3 is 0 Å². The van der Waals surface area contributed by atoms with E-state index < -0.39 is 0 Å². The first kappa shape index (κ1) is 10.5. The molecule has 0 spiro atoms. The third-order valence-corrected chi connectivity index (χ3v) is 2.17. The number of alkyl halides is 1. The Morgan fingerprint density at radius 3 is 2.77 bits per heavy atom. The molecule has 0 aliphatic heterocycles. The molecule has 1 nitrogen and oxygen atoms in total. The molecule has 13 heavy (non-hydrogen) atoms. The number of benzene rings is 1. The molecular weight excluding hydrogens is 251 g/mol. The fraction of sp³-hybridized carbons (Fsp3) is 0.100. The molecule has 0 amide bonds. The van der Waals surface area contributed by atoms with Crippen LogP contribution < -0.4 is 0 Å². The van der Waals surface area contributed by atoms with E-state index >= 15 is 0 Å². The Hall–Kier alpha value is -0.600. The first-order valence-corrected chi connectivity index (χ1v) is 5.25. The monoisotopic (exact) mass is 258 g/mol. The SMILES string of the molecule is O=Cc1ccc(Cl)cc1C=CCBr. The summed E-state index contributed by atoms with van der Waals surface area (Å²) < 4.78 is 0. The largest absolute Gasteiger partial charge is 0.298 e. The van der Waals surface area contributed by atoms with E-state index in [9.17, 15) is 4.79 Å². The second-order valence-electron chi connectivity index (χ2n) is 2.45. The van der Waals surface area contributed by atoms with E-state index in [4.69, 9.17) is 11.6 Å². The summed E-state index contributed by atoms with van der Waals surface area (Å²) in [5.41, 5.74) is 1.50. The number of rotatable bonds is 3. The summed E-state index contributed by atoms with van der Waals surface area (Å²) in [5.74, 6) is 0. The number of carbonyl (C=O) groups excluding carboxylic acids is 1. The van der Waals surface area contributed by atoms with Gasteiger partial charge in [-0.25, -0.2) is 0 Å². The van der Waals surface area contributed by atoms with Gasteiger partial charge in [0.25, 0.3) is 0 Å². The topological polar surface area (TPSA) is 17.1 Å². The second kappa shape index (κ2) is 5.20. The van der Waals surface area contributed by atoms with E-state index in [0.29, 0.717) is 10.6 Å². The predicted octanol–water partition coefficient (Wildman–Crippen LogP) is 3.56. The number of halogens is 2. The Morgan fingerprint density at radius 1 is 1.38 bits per heavy atom. The average molecular weight is 260 g/mol. The molecule has 0 aliphatic carbocycles. The van der Waals surface area contributed by atoms with Gasteiger partial charge in [-0.2, -0.15) is 0 Å². The Kier molecular flexibility index (Phi) is 4.19. The van der Waals surface area contributed by atoms with E-state index in [2.05, 4.69) is 15.9 Å². The van der Waals surface area contributed by atoms with Crippen molar-refractivity contribution < 1.29 is 4.79 Å². The van der Waals surface area contributed by atoms with E-state index in [-0.39, 0.29) is 0 Å². The van der Waals surface area contributed by atoms with Crippen molar-refractivity contribution in [1.29, 1.82) is 0 Å². The van der Waals surface area contributed by atoms with Gasteiger partial charge in [-0.15, -0.1) is 0 Å². The van der Waals surface area contributed by atoms with Crippen LogP contribution in [0.4, 0.5) is 0 Å². The minimum Gasteiger partial charge on any atom is -0.298 e. The molecule has 1 rings (SSSR count). The van der Waals surface area contributed by atoms with Gasteiger partial charge in [0.2, 0.25) is 0 Å². The van der Waals surface area contributed by atoms with Crippen LogP contribution in [0.2, 0.25) is 5.02 Å². The number of hydrogen-bond acceptors (Lipinski definition) is 1. The van der Waals surface area contributed by atoms with E-state index in [1.165, 1.54) is 0 Å². The number of allylic oxidation sites excluding steroid dienone is 1. The normalized spacial score (nSPS) is 10.6. The van der Waals surface area contributed by atoms with Crippen molar-refractivity contribution in [2.75, 3.05) is 5.33 Å². The van der Waals surface area contributed by atoms with Crippen molar-refractivity contribution in [2.45, 2.75) is 0 Å². The van der Waals surface area contributed by atoms with Gasteiger partial charge in [-0.1, -0.05) is 39.7 Å². The molecule has 0 aliphatic rings. The molecule has 3 heteroatoms. The fourth-order valence-corrected chi connectivity index (χ4v) is 1.34. The van der Waals surface area contributed by atoms with Crippen molar-refractivity contribution >= 4 is 39.9 Å². The van der Waals surface area contributed by atoms with E-state index in [1.807, 2.05) is 12.2 Å². The lowest BCUT2D eigenvalue weighted by Gasteiger charge is -1.98. The van der Waals surface area contributed by atoms with Gasteiger partial charge in [-0.05, 0) is 23.8 Å². The zero-order chi connectivity index (χ0) is 9.68. The molecule has 0 saturated carbocycles. The zero-order valence-electron chi connectivity index (χ0n) is 6.84. The number of hydrogen-bond donors (Lipinski definition) is 0. The van der Waals surface area contributed by atoms with E-state index in [0.717, 1.165) is 17.2 Å². The highest BCUT2D eigenvalue weighted by Crippen LogP contribution is 2.16. The summed E-state index contributed by atoms with van der Waals surface area (Å²) in [7, 11) is 0. The van der Waals surface area contributed by atoms with Crippen LogP contribution in [0.15, 0.2) is 24.3 Å². The third-order valence-electron chi connectivity index (χ3n) is 1.56. The summed E-state index contributed by atoms with van der Waals surface area (Å²) in [6.45, 7) is 0. The molecule has 0 bridgehead atoms. The highest BCUT2D eigenvalue weighted by molar-refractivity contribution is 9.09. The summed E-state index contributed by atoms with van der Waals surface area (Å²) in [4.78, 5) is 10.6. The molecule has 0 unspecified atom stereocenters. The Balaban J connectivity index is 3.08. The first-order valence-electron chi connectivity index (χ1n) is 3.75. The lowest BCUT2D eigenvalue weighted by molar-refractivity contribution is 0.112. The van der Waals surface area contributed by atoms with Crippen molar-refractivity contribution in [3.63, 3.8) is 0 Å². The molecule has 68 valence electrons. The Morgan fingerprint density at radius 2 is 2.15 bits per heavy atom. The highest BCUT2D eigenvalue weighted by Gasteiger charge is 1.98. The molecule has 0 heterocycles. The van der Waals surface area contributed by atoms with Crippen LogP contribution in [0.3, 0.4) is 0 Å². The summed E-state index contributed by atoms with van der Waals surface area (Å²) >= 11 is 9.05. The maximum atomic E-state index is 10.6. The average Bonchev–Trinajstić information content (AvgIpc) is 2.15. The quantitative estimate of drug-likeness (QED) is 0.599. The number of aldehydes is 1. The molecular formula is C10H8BrClO. The van der Waals surface area contributed by atoms with Crippen LogP contribution in [-0.4, -0.2) is 11.6 Å². The number of carbonyl (C=O) groups is 1. The van der Waals surface area contributed by atoms with Crippen LogP contribution >= 0.6 is 27.5 Å². The van der Waals surface area contributed by atoms with Crippen LogP contribution in [0, 0.1) is 0 Å². The maximum absolute atomic E-state index is 10.6. The Bertz CT molecular complexity index is 334. The lowest BCUT2D eigenvalue weighted by atomic mass is 10.1.